The van der Waals surface area contributed by atoms with Crippen LogP contribution in [0.1, 0.15) is 21.7 Å². The lowest BCUT2D eigenvalue weighted by Crippen LogP contribution is -2.29. The van der Waals surface area contributed by atoms with Crippen molar-refractivity contribution >= 4 is 44.9 Å². The summed E-state index contributed by atoms with van der Waals surface area (Å²) in [6, 6.07) is 13.4. The van der Waals surface area contributed by atoms with Crippen molar-refractivity contribution in [1.29, 1.82) is 0 Å². The zero-order valence-electron chi connectivity index (χ0n) is 14.0. The first kappa shape index (κ1) is 18.8. The highest BCUT2D eigenvalue weighted by molar-refractivity contribution is 9.11. The van der Waals surface area contributed by atoms with Crippen molar-refractivity contribution in [2.45, 2.75) is 12.8 Å². The molecule has 1 saturated heterocycles. The quantitative estimate of drug-likeness (QED) is 0.494. The van der Waals surface area contributed by atoms with Crippen LogP contribution in [0.3, 0.4) is 0 Å². The van der Waals surface area contributed by atoms with Crippen LogP contribution in [0.15, 0.2) is 46.3 Å². The van der Waals surface area contributed by atoms with Gasteiger partial charge in [-0.1, -0.05) is 30.3 Å². The van der Waals surface area contributed by atoms with E-state index < -0.39 is 11.9 Å². The monoisotopic (exact) mass is 435 g/mol. The second kappa shape index (κ2) is 8.60. The van der Waals surface area contributed by atoms with E-state index in [0.29, 0.717) is 18.0 Å². The summed E-state index contributed by atoms with van der Waals surface area (Å²) in [4.78, 5) is 38.5. The van der Waals surface area contributed by atoms with Gasteiger partial charge in [0.15, 0.2) is 6.61 Å². The molecule has 0 aliphatic carbocycles. The Morgan fingerprint density at radius 1 is 1.19 bits per heavy atom. The molecule has 1 amide bonds. The van der Waals surface area contributed by atoms with Gasteiger partial charge in [0.05, 0.1) is 14.6 Å². The van der Waals surface area contributed by atoms with E-state index in [1.807, 2.05) is 30.3 Å². The molecule has 3 rings (SSSR count). The summed E-state index contributed by atoms with van der Waals surface area (Å²) >= 11 is 4.59. The lowest BCUT2D eigenvalue weighted by molar-refractivity contribution is -0.147. The number of carbonyl (C=O) groups excluding carboxylic acids is 3. The molecule has 1 fully saturated rings. The van der Waals surface area contributed by atoms with Crippen LogP contribution in [0.4, 0.5) is 0 Å². The van der Waals surface area contributed by atoms with Gasteiger partial charge in [-0.15, -0.1) is 11.3 Å². The number of esters is 1. The van der Waals surface area contributed by atoms with Crippen LogP contribution >= 0.6 is 27.3 Å². The third-order valence-electron chi connectivity index (χ3n) is 4.25. The number of ketones is 1. The van der Waals surface area contributed by atoms with E-state index in [4.69, 9.17) is 4.74 Å². The van der Waals surface area contributed by atoms with Crippen molar-refractivity contribution < 1.29 is 19.1 Å². The highest BCUT2D eigenvalue weighted by Gasteiger charge is 2.35. The largest absolute Gasteiger partial charge is 0.457 e. The Hall–Kier alpha value is -1.99. The average molecular weight is 436 g/mol. The SMILES string of the molecule is O=C(COC(=O)[C@@H]1CC(=O)N(CCc2ccccc2)C1)c1ccc(Br)s1. The second-order valence-corrected chi connectivity index (χ2v) is 8.57. The number of Topliss-reactive ketones (excluding diaryl/α,β-unsaturated/α-hetero) is 1. The van der Waals surface area contributed by atoms with Crippen molar-refractivity contribution in [2.24, 2.45) is 5.92 Å². The molecule has 0 N–H and O–H groups in total. The molecular formula is C19H18BrNO4S. The van der Waals surface area contributed by atoms with Crippen LogP contribution < -0.4 is 0 Å². The Balaban J connectivity index is 1.46. The minimum atomic E-state index is -0.499. The minimum Gasteiger partial charge on any atom is -0.457 e. The maximum absolute atomic E-state index is 12.2. The van der Waals surface area contributed by atoms with Gasteiger partial charge in [-0.3, -0.25) is 14.4 Å². The van der Waals surface area contributed by atoms with E-state index in [1.54, 1.807) is 17.0 Å². The minimum absolute atomic E-state index is 0.0450. The Morgan fingerprint density at radius 3 is 2.65 bits per heavy atom. The molecular weight excluding hydrogens is 418 g/mol. The lowest BCUT2D eigenvalue weighted by atomic mass is 10.1. The number of likely N-dealkylation sites (tertiary alicyclic amines) is 1. The highest BCUT2D eigenvalue weighted by atomic mass is 79.9. The maximum Gasteiger partial charge on any atom is 0.311 e. The van der Waals surface area contributed by atoms with E-state index in [1.165, 1.54) is 11.3 Å². The summed E-state index contributed by atoms with van der Waals surface area (Å²) in [6.45, 7) is 0.637. The average Bonchev–Trinajstić information content (AvgIpc) is 3.24. The number of benzene rings is 1. The Kier molecular flexibility index (Phi) is 6.21. The first-order chi connectivity index (χ1) is 12.5. The van der Waals surface area contributed by atoms with E-state index in [0.717, 1.165) is 15.8 Å². The third kappa shape index (κ3) is 4.80. The Morgan fingerprint density at radius 2 is 1.96 bits per heavy atom. The van der Waals surface area contributed by atoms with Crippen LogP contribution in [0.5, 0.6) is 0 Å². The zero-order chi connectivity index (χ0) is 18.5. The van der Waals surface area contributed by atoms with Gasteiger partial charge < -0.3 is 9.64 Å². The van der Waals surface area contributed by atoms with Crippen molar-refractivity contribution in [3.8, 4) is 0 Å². The molecule has 0 saturated carbocycles. The fourth-order valence-corrected chi connectivity index (χ4v) is 4.16. The van der Waals surface area contributed by atoms with Crippen LogP contribution in [0, 0.1) is 5.92 Å². The normalized spacial score (nSPS) is 16.7. The summed E-state index contributed by atoms with van der Waals surface area (Å²) < 4.78 is 5.98. The molecule has 0 radical (unpaired) electrons. The van der Waals surface area contributed by atoms with Gasteiger partial charge >= 0.3 is 5.97 Å². The van der Waals surface area contributed by atoms with Gasteiger partial charge in [0.25, 0.3) is 0 Å². The van der Waals surface area contributed by atoms with Crippen molar-refractivity contribution in [1.82, 2.24) is 4.90 Å². The summed E-state index contributed by atoms with van der Waals surface area (Å²) in [7, 11) is 0. The number of rotatable bonds is 7. The zero-order valence-corrected chi connectivity index (χ0v) is 16.4. The molecule has 1 aromatic heterocycles. The number of thiophene rings is 1. The predicted molar refractivity (Wildman–Crippen MR) is 102 cm³/mol. The summed E-state index contributed by atoms with van der Waals surface area (Å²) in [5, 5.41) is 0. The van der Waals surface area contributed by atoms with Gasteiger partial charge in [0, 0.05) is 19.5 Å². The standard InChI is InChI=1S/C19H18BrNO4S/c20-17-7-6-16(26-17)15(22)12-25-19(24)14-10-18(23)21(11-14)9-8-13-4-2-1-3-5-13/h1-7,14H,8-12H2/t14-/m1/s1. The molecule has 0 unspecified atom stereocenters. The van der Waals surface area contributed by atoms with Crippen molar-refractivity contribution in [3.05, 3.63) is 56.7 Å². The van der Waals surface area contributed by atoms with Crippen LogP contribution in [-0.4, -0.2) is 42.3 Å². The fraction of sp³-hybridized carbons (Fsp3) is 0.316. The van der Waals surface area contributed by atoms with Gasteiger partial charge in [0.2, 0.25) is 11.7 Å². The first-order valence-electron chi connectivity index (χ1n) is 8.30. The van der Waals surface area contributed by atoms with Crippen LogP contribution in [0.2, 0.25) is 0 Å². The molecule has 1 atom stereocenters. The molecule has 136 valence electrons. The molecule has 1 aliphatic heterocycles. The molecule has 0 spiro atoms. The Labute approximate surface area is 164 Å². The summed E-state index contributed by atoms with van der Waals surface area (Å²) in [5.74, 6) is -1.26. The first-order valence-corrected chi connectivity index (χ1v) is 9.91. The summed E-state index contributed by atoms with van der Waals surface area (Å²) in [6.07, 6.45) is 0.895. The third-order valence-corrected chi connectivity index (χ3v) is 5.92. The number of hydrogen-bond acceptors (Lipinski definition) is 5. The molecule has 2 heterocycles. The molecule has 7 heteroatoms. The van der Waals surface area contributed by atoms with E-state index >= 15 is 0 Å². The van der Waals surface area contributed by atoms with E-state index in [2.05, 4.69) is 15.9 Å². The van der Waals surface area contributed by atoms with Gasteiger partial charge in [0.1, 0.15) is 0 Å². The highest BCUT2D eigenvalue weighted by Crippen LogP contribution is 2.23. The smallest absolute Gasteiger partial charge is 0.311 e. The molecule has 2 aromatic rings. The maximum atomic E-state index is 12.2. The van der Waals surface area contributed by atoms with E-state index in [9.17, 15) is 14.4 Å². The second-order valence-electron chi connectivity index (χ2n) is 6.11. The van der Waals surface area contributed by atoms with Crippen LogP contribution in [0.25, 0.3) is 0 Å². The molecule has 1 aromatic carbocycles. The number of nitrogens with zero attached hydrogens (tertiary/aromatic N) is 1. The molecule has 1 aliphatic rings. The topological polar surface area (TPSA) is 63.7 Å². The predicted octanol–water partition coefficient (Wildman–Crippen LogP) is 3.33. The molecule has 26 heavy (non-hydrogen) atoms. The number of carbonyl (C=O) groups is 3. The summed E-state index contributed by atoms with van der Waals surface area (Å²) in [5.41, 5.74) is 1.15. The fourth-order valence-electron chi connectivity index (χ4n) is 2.84. The Bertz CT molecular complexity index is 805. The number of amides is 1. The van der Waals surface area contributed by atoms with E-state index in [-0.39, 0.29) is 24.7 Å². The van der Waals surface area contributed by atoms with Crippen molar-refractivity contribution in [2.75, 3.05) is 19.7 Å². The number of ether oxygens (including phenoxy) is 1. The number of hydrogen-bond donors (Lipinski definition) is 0. The number of halogens is 1. The molecule has 5 nitrogen and oxygen atoms in total. The van der Waals surface area contributed by atoms with Gasteiger partial charge in [-0.2, -0.15) is 0 Å². The molecule has 0 bridgehead atoms. The van der Waals surface area contributed by atoms with Gasteiger partial charge in [-0.05, 0) is 40.0 Å². The van der Waals surface area contributed by atoms with Gasteiger partial charge in [-0.25, -0.2) is 0 Å². The lowest BCUT2D eigenvalue weighted by Gasteiger charge is -2.16. The van der Waals surface area contributed by atoms with Crippen molar-refractivity contribution in [3.63, 3.8) is 0 Å². The van der Waals surface area contributed by atoms with Crippen LogP contribution in [-0.2, 0) is 20.7 Å².